The molecule has 0 radical (unpaired) electrons. The third kappa shape index (κ3) is 10.7. The van der Waals surface area contributed by atoms with E-state index in [0.29, 0.717) is 0 Å². The van der Waals surface area contributed by atoms with Crippen molar-refractivity contribution in [3.8, 4) is 27.9 Å². The summed E-state index contributed by atoms with van der Waals surface area (Å²) in [5.41, 5.74) is 35.5. The van der Waals surface area contributed by atoms with Gasteiger partial charge in [0.05, 0.1) is 11.0 Å². The number of hydrogen-bond donors (Lipinski definition) is 0. The Morgan fingerprint density at radius 1 is 0.258 bits per heavy atom. The van der Waals surface area contributed by atoms with Gasteiger partial charge in [0.15, 0.2) is 0 Å². The van der Waals surface area contributed by atoms with Crippen LogP contribution in [0.15, 0.2) is 346 Å². The molecule has 0 spiro atoms. The fourth-order valence-electron chi connectivity index (χ4n) is 22.3. The maximum absolute atomic E-state index is 2.70. The van der Waals surface area contributed by atoms with E-state index in [1.165, 1.54) is 215 Å². The van der Waals surface area contributed by atoms with Crippen molar-refractivity contribution in [2.75, 3.05) is 14.7 Å². The zero-order valence-electron chi connectivity index (χ0n) is 72.0. The Balaban J connectivity index is 0.614. The summed E-state index contributed by atoms with van der Waals surface area (Å²) in [5.74, 6) is 0. The molecular formula is C116H92B2N6. The van der Waals surface area contributed by atoms with E-state index in [1.54, 1.807) is 0 Å². The molecule has 0 unspecified atom stereocenters. The highest BCUT2D eigenvalue weighted by Crippen LogP contribution is 2.52. The molecule has 21 aromatic rings. The molecule has 3 aromatic heterocycles. The summed E-state index contributed by atoms with van der Waals surface area (Å²) < 4.78 is 7.83. The van der Waals surface area contributed by atoms with Crippen LogP contribution in [0.5, 0.6) is 0 Å². The van der Waals surface area contributed by atoms with Crippen LogP contribution in [0, 0.1) is 0 Å². The maximum atomic E-state index is 2.70. The number of benzene rings is 18. The SMILES string of the molecule is CC(C)(C)c1cc(N2c3cc4cc5ccc(N(c6ccccc6)c6cccc(CC(C)(C)c7cc(N8c9cc%10cc%11ccc(-n%12c%13ccccc%13c%13ccccc%13%12)cc%11cc%10cc9B9c%10c(cccc%108)-c8cccc%10c%11ccccc%11n9c8%10)cc(C(C)(C)C)c7)c6)cc5cc4cc3B3c4c(cccc42)-c2cccc4c5ccccc5n3c24)cc(C(C)(C)C)c1. The molecule has 0 atom stereocenters. The second-order valence-electron chi connectivity index (χ2n) is 39.5. The molecule has 6 nitrogen and oxygen atoms in total. The van der Waals surface area contributed by atoms with E-state index >= 15 is 0 Å². The third-order valence-corrected chi connectivity index (χ3v) is 28.3. The number of anilines is 9. The Hall–Kier alpha value is -14.1. The monoisotopic (exact) mass is 1590 g/mol. The first-order chi connectivity index (χ1) is 60.1. The summed E-state index contributed by atoms with van der Waals surface area (Å²) in [4.78, 5) is 7.74. The van der Waals surface area contributed by atoms with E-state index in [1.807, 2.05) is 0 Å². The maximum Gasteiger partial charge on any atom is 0.333 e. The predicted octanol–water partition coefficient (Wildman–Crippen LogP) is 28.3. The van der Waals surface area contributed by atoms with Crippen molar-refractivity contribution in [3.63, 3.8) is 0 Å². The molecule has 0 bridgehead atoms. The van der Waals surface area contributed by atoms with Gasteiger partial charge in [-0.3, -0.25) is 0 Å². The zero-order chi connectivity index (χ0) is 83.5. The molecule has 4 aliphatic heterocycles. The van der Waals surface area contributed by atoms with E-state index in [9.17, 15) is 0 Å². The number of para-hydroxylation sites is 7. The van der Waals surface area contributed by atoms with Gasteiger partial charge in [0.2, 0.25) is 0 Å². The fraction of sp³-hybridized carbons (Fsp3) is 0.138. The van der Waals surface area contributed by atoms with E-state index in [-0.39, 0.29) is 35.4 Å². The highest BCUT2D eigenvalue weighted by atomic mass is 15.2. The highest BCUT2D eigenvalue weighted by Gasteiger charge is 2.46. The first-order valence-electron chi connectivity index (χ1n) is 44.3. The van der Waals surface area contributed by atoms with Crippen molar-refractivity contribution >= 4 is 195 Å². The van der Waals surface area contributed by atoms with Crippen molar-refractivity contribution < 1.29 is 0 Å². The van der Waals surface area contributed by atoms with E-state index < -0.39 is 0 Å². The van der Waals surface area contributed by atoms with Gasteiger partial charge >= 0.3 is 13.7 Å². The summed E-state index contributed by atoms with van der Waals surface area (Å²) in [7, 11) is 0. The topological polar surface area (TPSA) is 24.5 Å². The number of nitrogens with zero attached hydrogens (tertiary/aromatic N) is 6. The average Bonchev–Trinajstić information content (AvgIpc) is 1.37. The first kappa shape index (κ1) is 72.7. The number of hydrogen-bond acceptors (Lipinski definition) is 3. The van der Waals surface area contributed by atoms with Crippen molar-refractivity contribution in [3.05, 3.63) is 374 Å². The van der Waals surface area contributed by atoms with Crippen molar-refractivity contribution in [1.29, 1.82) is 0 Å². The van der Waals surface area contributed by atoms with Crippen LogP contribution in [0.3, 0.4) is 0 Å². The highest BCUT2D eigenvalue weighted by molar-refractivity contribution is 6.91. The van der Waals surface area contributed by atoms with Crippen LogP contribution in [0.4, 0.5) is 51.2 Å². The fourth-order valence-corrected chi connectivity index (χ4v) is 22.3. The van der Waals surface area contributed by atoms with E-state index in [0.717, 1.165) is 29.2 Å². The second kappa shape index (κ2) is 26.0. The minimum absolute atomic E-state index is 0.0776. The molecule has 25 rings (SSSR count). The van der Waals surface area contributed by atoms with Gasteiger partial charge in [0.25, 0.3) is 0 Å². The Bertz CT molecular complexity index is 8150. The Kier molecular flexibility index (Phi) is 15.2. The molecule has 592 valence electrons. The molecule has 4 aliphatic rings. The normalized spacial score (nSPS) is 13.6. The van der Waals surface area contributed by atoms with Crippen LogP contribution < -0.4 is 36.6 Å². The predicted molar refractivity (Wildman–Crippen MR) is 532 cm³/mol. The van der Waals surface area contributed by atoms with Gasteiger partial charge in [0, 0.05) is 122 Å². The lowest BCUT2D eigenvalue weighted by molar-refractivity contribution is 0.517. The van der Waals surface area contributed by atoms with Gasteiger partial charge in [-0.25, -0.2) is 0 Å². The van der Waals surface area contributed by atoms with Crippen LogP contribution in [-0.4, -0.2) is 27.2 Å². The van der Waals surface area contributed by atoms with Crippen molar-refractivity contribution in [2.45, 2.75) is 104 Å². The lowest BCUT2D eigenvalue weighted by atomic mass is 9.45. The Morgan fingerprint density at radius 3 is 1.16 bits per heavy atom. The first-order valence-corrected chi connectivity index (χ1v) is 44.3. The molecule has 7 heterocycles. The van der Waals surface area contributed by atoms with Gasteiger partial charge in [-0.05, 0) is 278 Å². The lowest BCUT2D eigenvalue weighted by Gasteiger charge is -2.41. The average molecular weight is 1590 g/mol. The minimum atomic E-state index is -0.338. The third-order valence-electron chi connectivity index (χ3n) is 28.3. The molecule has 8 heteroatoms. The molecule has 0 saturated heterocycles. The number of fused-ring (bicyclic) bond motifs is 21. The Morgan fingerprint density at radius 2 is 0.645 bits per heavy atom. The minimum Gasteiger partial charge on any atom is -0.375 e. The van der Waals surface area contributed by atoms with Crippen LogP contribution in [0.1, 0.15) is 104 Å². The van der Waals surface area contributed by atoms with Crippen LogP contribution in [0.2, 0.25) is 0 Å². The van der Waals surface area contributed by atoms with Gasteiger partial charge in [-0.2, -0.15) is 0 Å². The molecule has 0 amide bonds. The second-order valence-corrected chi connectivity index (χ2v) is 39.5. The van der Waals surface area contributed by atoms with Gasteiger partial charge in [-0.15, -0.1) is 0 Å². The van der Waals surface area contributed by atoms with Gasteiger partial charge in [0.1, 0.15) is 0 Å². The molecule has 0 fully saturated rings. The quantitative estimate of drug-likeness (QED) is 0.106. The molecule has 0 saturated carbocycles. The molecule has 124 heavy (non-hydrogen) atoms. The smallest absolute Gasteiger partial charge is 0.333 e. The summed E-state index contributed by atoms with van der Waals surface area (Å²) in [5, 5.41) is 17.4. The standard InChI is InChI=1S/C116H92B2N6/c1-113(2,3)79-63-80(114(4,5)6)66-87(65-79)121-105-46-26-36-93-97-40-24-38-95-91-34-17-21-44-103(91)123(111(95)97)117(109(93)105)99-59-75-55-73-57-85(50-48-71(73)53-77(75)61-107(99)121)119(83-29-13-12-14-30-83)84-31-23-28-70(52-84)69-116(10,11)82-64-81(115(7,8)9)67-88(68-82)122-106-47-27-37-94-98-41-25-39-96-92-35-18-22-45-104(92)124(112(96)98)118(110(94)106)100-60-76-56-74-58-86(51-49-72(74)54-78(76)62-108(100)122)120-101-42-19-15-32-89(101)90-33-16-20-43-102(90)120/h12-68H,69H2,1-11H3. The van der Waals surface area contributed by atoms with Gasteiger partial charge in [-0.1, -0.05) is 276 Å². The van der Waals surface area contributed by atoms with Crippen molar-refractivity contribution in [1.82, 2.24) is 13.5 Å². The molecule has 0 aliphatic carbocycles. The largest absolute Gasteiger partial charge is 0.375 e. The number of aromatic nitrogens is 3. The summed E-state index contributed by atoms with van der Waals surface area (Å²) in [6.45, 7) is 26.0. The summed E-state index contributed by atoms with van der Waals surface area (Å²) in [6, 6.07) is 133. The van der Waals surface area contributed by atoms with Crippen molar-refractivity contribution in [2.24, 2.45) is 0 Å². The van der Waals surface area contributed by atoms with E-state index in [2.05, 4.69) is 450 Å². The summed E-state index contributed by atoms with van der Waals surface area (Å²) >= 11 is 0. The van der Waals surface area contributed by atoms with Crippen LogP contribution in [0.25, 0.3) is 136 Å². The van der Waals surface area contributed by atoms with Crippen LogP contribution >= 0.6 is 0 Å². The van der Waals surface area contributed by atoms with Gasteiger partial charge < -0.3 is 28.2 Å². The number of rotatable bonds is 9. The van der Waals surface area contributed by atoms with Crippen LogP contribution in [-0.2, 0) is 28.1 Å². The van der Waals surface area contributed by atoms with E-state index in [4.69, 9.17) is 0 Å². The molecule has 18 aromatic carbocycles. The Labute approximate surface area is 724 Å². The lowest BCUT2D eigenvalue weighted by Crippen LogP contribution is -2.56. The molecule has 0 N–H and O–H groups in total. The zero-order valence-corrected chi connectivity index (χ0v) is 72.0. The molecular weight excluding hydrogens is 1500 g/mol. The summed E-state index contributed by atoms with van der Waals surface area (Å²) in [6.07, 6.45) is 0.799.